The van der Waals surface area contributed by atoms with E-state index >= 15 is 0 Å². The van der Waals surface area contributed by atoms with Crippen molar-refractivity contribution in [1.82, 2.24) is 9.61 Å². The summed E-state index contributed by atoms with van der Waals surface area (Å²) in [4.78, 5) is 0. The zero-order valence-corrected chi connectivity index (χ0v) is 14.5. The molecule has 126 valence electrons. The number of aryl methyl sites for hydroxylation is 1. The lowest BCUT2D eigenvalue weighted by Gasteiger charge is -2.15. The first-order valence-electron chi connectivity index (χ1n) is 8.17. The van der Waals surface area contributed by atoms with E-state index in [-0.39, 0.29) is 6.61 Å². The van der Waals surface area contributed by atoms with Gasteiger partial charge in [0.05, 0.1) is 18.4 Å². The smallest absolute Gasteiger partial charge is 0.154 e. The molecule has 0 spiro atoms. The molecular weight excluding hydrogens is 336 g/mol. The van der Waals surface area contributed by atoms with Crippen molar-refractivity contribution >= 4 is 17.1 Å². The van der Waals surface area contributed by atoms with Crippen LogP contribution < -0.4 is 0 Å². The molecular formula is C20H17ClN2O2. The van der Waals surface area contributed by atoms with Crippen molar-refractivity contribution in [3.05, 3.63) is 71.1 Å². The molecule has 4 aromatic rings. The van der Waals surface area contributed by atoms with Crippen molar-refractivity contribution in [1.29, 1.82) is 0 Å². The second-order valence-electron chi connectivity index (χ2n) is 5.82. The molecule has 0 saturated carbocycles. The summed E-state index contributed by atoms with van der Waals surface area (Å²) in [6.07, 6.45) is 2.46. The average molecular weight is 353 g/mol. The zero-order chi connectivity index (χ0) is 17.4. The van der Waals surface area contributed by atoms with Crippen LogP contribution in [0.25, 0.3) is 28.1 Å². The van der Waals surface area contributed by atoms with E-state index in [1.807, 2.05) is 47.0 Å². The molecule has 3 heterocycles. The molecule has 0 amide bonds. The Labute approximate surface area is 150 Å². The maximum atomic E-state index is 10.1. The molecule has 0 saturated heterocycles. The third-order valence-corrected chi connectivity index (χ3v) is 4.60. The van der Waals surface area contributed by atoms with Crippen LogP contribution in [0.4, 0.5) is 0 Å². The van der Waals surface area contributed by atoms with Gasteiger partial charge in [-0.2, -0.15) is 5.10 Å². The van der Waals surface area contributed by atoms with Crippen molar-refractivity contribution in [2.75, 3.05) is 0 Å². The van der Waals surface area contributed by atoms with Crippen LogP contribution in [-0.2, 0) is 13.0 Å². The highest BCUT2D eigenvalue weighted by molar-refractivity contribution is 6.30. The van der Waals surface area contributed by atoms with E-state index < -0.39 is 0 Å². The number of hydrogen-bond donors (Lipinski definition) is 1. The largest absolute Gasteiger partial charge is 0.463 e. The highest BCUT2D eigenvalue weighted by atomic mass is 35.5. The van der Waals surface area contributed by atoms with E-state index in [0.29, 0.717) is 16.5 Å². The number of furan rings is 1. The number of benzene rings is 1. The Kier molecular flexibility index (Phi) is 4.07. The van der Waals surface area contributed by atoms with Crippen molar-refractivity contribution in [2.24, 2.45) is 0 Å². The molecule has 0 aliphatic carbocycles. The number of hydrogen-bond acceptors (Lipinski definition) is 3. The van der Waals surface area contributed by atoms with E-state index in [1.54, 1.807) is 6.26 Å². The molecule has 25 heavy (non-hydrogen) atoms. The number of aromatic nitrogens is 2. The molecule has 0 aliphatic rings. The molecule has 1 N–H and O–H groups in total. The number of aliphatic hydroxyl groups excluding tert-OH is 1. The number of halogens is 1. The highest BCUT2D eigenvalue weighted by Crippen LogP contribution is 2.36. The fourth-order valence-electron chi connectivity index (χ4n) is 3.21. The van der Waals surface area contributed by atoms with Gasteiger partial charge in [0.2, 0.25) is 0 Å². The molecule has 0 radical (unpaired) electrons. The molecule has 0 fully saturated rings. The zero-order valence-electron chi connectivity index (χ0n) is 13.7. The first kappa shape index (κ1) is 15.9. The van der Waals surface area contributed by atoms with E-state index in [4.69, 9.17) is 21.1 Å². The van der Waals surface area contributed by atoms with Gasteiger partial charge in [-0.25, -0.2) is 4.52 Å². The lowest BCUT2D eigenvalue weighted by atomic mass is 9.98. The Bertz CT molecular complexity index is 1040. The summed E-state index contributed by atoms with van der Waals surface area (Å²) in [5, 5.41) is 15.5. The van der Waals surface area contributed by atoms with Crippen molar-refractivity contribution < 1.29 is 9.52 Å². The van der Waals surface area contributed by atoms with Gasteiger partial charge in [0.25, 0.3) is 0 Å². The third kappa shape index (κ3) is 2.64. The van der Waals surface area contributed by atoms with E-state index in [2.05, 4.69) is 13.0 Å². The van der Waals surface area contributed by atoms with Crippen molar-refractivity contribution in [3.8, 4) is 22.6 Å². The molecule has 0 bridgehead atoms. The number of nitrogens with zero attached hydrogens (tertiary/aromatic N) is 2. The van der Waals surface area contributed by atoms with Gasteiger partial charge in [-0.3, -0.25) is 0 Å². The van der Waals surface area contributed by atoms with Crippen LogP contribution in [0, 0.1) is 0 Å². The fraction of sp³-hybridized carbons (Fsp3) is 0.150. The van der Waals surface area contributed by atoms with Gasteiger partial charge in [0, 0.05) is 21.8 Å². The molecule has 0 aliphatic heterocycles. The summed E-state index contributed by atoms with van der Waals surface area (Å²) in [5.74, 6) is 0.630. The van der Waals surface area contributed by atoms with E-state index in [9.17, 15) is 5.11 Å². The standard InChI is InChI=1S/C20H17ClN2O2/c1-2-15-8-9-17-19(13-5-3-6-14(21)11-13)16(12-24)20(22-23(15)17)18-7-4-10-25-18/h3-11,24H,2,12H2,1H3. The topological polar surface area (TPSA) is 50.7 Å². The number of rotatable bonds is 4. The first-order valence-corrected chi connectivity index (χ1v) is 8.55. The molecule has 4 rings (SSSR count). The summed E-state index contributed by atoms with van der Waals surface area (Å²) < 4.78 is 7.49. The molecule has 4 nitrogen and oxygen atoms in total. The average Bonchev–Trinajstić information content (AvgIpc) is 3.29. The van der Waals surface area contributed by atoms with Crippen LogP contribution >= 0.6 is 11.6 Å². The second-order valence-corrected chi connectivity index (χ2v) is 6.26. The van der Waals surface area contributed by atoms with E-state index in [1.165, 1.54) is 0 Å². The van der Waals surface area contributed by atoms with Gasteiger partial charge in [-0.05, 0) is 48.4 Å². The van der Waals surface area contributed by atoms with Crippen LogP contribution in [0.5, 0.6) is 0 Å². The monoisotopic (exact) mass is 352 g/mol. The summed E-state index contributed by atoms with van der Waals surface area (Å²) in [6.45, 7) is 1.95. The quantitative estimate of drug-likeness (QED) is 0.564. The van der Waals surface area contributed by atoms with Gasteiger partial charge in [0.1, 0.15) is 5.69 Å². The maximum absolute atomic E-state index is 10.1. The van der Waals surface area contributed by atoms with Crippen LogP contribution in [0.2, 0.25) is 5.02 Å². The van der Waals surface area contributed by atoms with Crippen molar-refractivity contribution in [2.45, 2.75) is 20.0 Å². The van der Waals surface area contributed by atoms with E-state index in [0.717, 1.165) is 34.3 Å². The van der Waals surface area contributed by atoms with Crippen LogP contribution in [-0.4, -0.2) is 14.7 Å². The summed E-state index contributed by atoms with van der Waals surface area (Å²) >= 11 is 6.21. The summed E-state index contributed by atoms with van der Waals surface area (Å²) in [7, 11) is 0. The molecule has 3 aromatic heterocycles. The van der Waals surface area contributed by atoms with Gasteiger partial charge in [-0.1, -0.05) is 30.7 Å². The number of aliphatic hydroxyl groups is 1. The summed E-state index contributed by atoms with van der Waals surface area (Å²) in [5.41, 5.74) is 5.27. The Hall–Kier alpha value is -2.56. The van der Waals surface area contributed by atoms with Gasteiger partial charge in [-0.15, -0.1) is 0 Å². The summed E-state index contributed by atoms with van der Waals surface area (Å²) in [6, 6.07) is 15.4. The van der Waals surface area contributed by atoms with Crippen molar-refractivity contribution in [3.63, 3.8) is 0 Å². The maximum Gasteiger partial charge on any atom is 0.154 e. The third-order valence-electron chi connectivity index (χ3n) is 4.37. The molecule has 0 unspecified atom stereocenters. The van der Waals surface area contributed by atoms with Crippen LogP contribution in [0.15, 0.2) is 59.2 Å². The Morgan fingerprint density at radius 3 is 2.72 bits per heavy atom. The Morgan fingerprint density at radius 2 is 2.04 bits per heavy atom. The fourth-order valence-corrected chi connectivity index (χ4v) is 3.40. The molecule has 0 atom stereocenters. The SMILES string of the molecule is CCc1ccc2c(-c3cccc(Cl)c3)c(CO)c(-c3ccco3)nn12. The highest BCUT2D eigenvalue weighted by Gasteiger charge is 2.20. The minimum absolute atomic E-state index is 0.145. The lowest BCUT2D eigenvalue weighted by Crippen LogP contribution is -2.05. The molecule has 5 heteroatoms. The second kappa shape index (κ2) is 6.39. The van der Waals surface area contributed by atoms with Gasteiger partial charge < -0.3 is 9.52 Å². The Morgan fingerprint density at radius 1 is 1.16 bits per heavy atom. The minimum Gasteiger partial charge on any atom is -0.463 e. The first-order chi connectivity index (χ1) is 12.2. The van der Waals surface area contributed by atoms with Crippen LogP contribution in [0.3, 0.4) is 0 Å². The lowest BCUT2D eigenvalue weighted by molar-refractivity contribution is 0.282. The van der Waals surface area contributed by atoms with Gasteiger partial charge in [0.15, 0.2) is 5.76 Å². The predicted molar refractivity (Wildman–Crippen MR) is 98.6 cm³/mol. The normalized spacial score (nSPS) is 11.3. The molecule has 1 aromatic carbocycles. The van der Waals surface area contributed by atoms with Crippen LogP contribution in [0.1, 0.15) is 18.2 Å². The predicted octanol–water partition coefficient (Wildman–Crippen LogP) is 4.97. The minimum atomic E-state index is -0.145. The number of fused-ring (bicyclic) bond motifs is 1. The Balaban J connectivity index is 2.13. The van der Waals surface area contributed by atoms with Gasteiger partial charge >= 0.3 is 0 Å².